The average Bonchev–Trinajstić information content (AvgIpc) is 2.09. The van der Waals surface area contributed by atoms with Gasteiger partial charge in [-0.15, -0.1) is 11.6 Å². The summed E-state index contributed by atoms with van der Waals surface area (Å²) in [6, 6.07) is 0. The minimum absolute atomic E-state index is 0.0988. The van der Waals surface area contributed by atoms with E-state index in [-0.39, 0.29) is 11.4 Å². The summed E-state index contributed by atoms with van der Waals surface area (Å²) < 4.78 is 25.7. The Morgan fingerprint density at radius 2 is 2.23 bits per heavy atom. The van der Waals surface area contributed by atoms with E-state index in [0.717, 1.165) is 6.20 Å². The molecular weight excluding hydrogens is 378 g/mol. The minimum Gasteiger partial charge on any atom is -0.258 e. The molecule has 1 aromatic rings. The molecule has 0 saturated heterocycles. The van der Waals surface area contributed by atoms with Crippen LogP contribution in [0.2, 0.25) is 0 Å². The van der Waals surface area contributed by atoms with Crippen molar-refractivity contribution in [2.45, 2.75) is 12.3 Å². The Morgan fingerprint density at radius 1 is 1.62 bits per heavy atom. The number of hydrogen-bond donors (Lipinski definition) is 0. The van der Waals surface area contributed by atoms with Gasteiger partial charge in [0.05, 0.1) is 20.7 Å². The standard InChI is InChI=1S/C7H4BrClF2IN/c8-5-3(7(10)11)2-13-4(1-9)6(5)12/h2,7H,1H2. The van der Waals surface area contributed by atoms with E-state index in [2.05, 4.69) is 20.9 Å². The Kier molecular flexibility index (Phi) is 4.31. The number of halogens is 5. The highest BCUT2D eigenvalue weighted by atomic mass is 127. The van der Waals surface area contributed by atoms with Crippen LogP contribution >= 0.6 is 50.1 Å². The number of pyridine rings is 1. The van der Waals surface area contributed by atoms with Crippen molar-refractivity contribution >= 4 is 50.1 Å². The molecule has 0 saturated carbocycles. The molecule has 0 fully saturated rings. The third-order valence-electron chi connectivity index (χ3n) is 1.42. The third kappa shape index (κ3) is 2.50. The van der Waals surface area contributed by atoms with Crippen molar-refractivity contribution in [2.24, 2.45) is 0 Å². The molecule has 0 aromatic carbocycles. The maximum absolute atomic E-state index is 12.3. The highest BCUT2D eigenvalue weighted by molar-refractivity contribution is 14.1. The lowest BCUT2D eigenvalue weighted by Crippen LogP contribution is -1.97. The maximum atomic E-state index is 12.3. The molecule has 0 aliphatic heterocycles. The van der Waals surface area contributed by atoms with Gasteiger partial charge in [0.2, 0.25) is 0 Å². The molecule has 0 unspecified atom stereocenters. The van der Waals surface area contributed by atoms with E-state index < -0.39 is 6.43 Å². The maximum Gasteiger partial charge on any atom is 0.266 e. The summed E-state index contributed by atoms with van der Waals surface area (Å²) in [5, 5.41) is 0. The van der Waals surface area contributed by atoms with Crippen molar-refractivity contribution < 1.29 is 8.78 Å². The van der Waals surface area contributed by atoms with E-state index in [1.54, 1.807) is 0 Å². The van der Waals surface area contributed by atoms with Crippen molar-refractivity contribution in [1.82, 2.24) is 4.98 Å². The zero-order chi connectivity index (χ0) is 10.0. The van der Waals surface area contributed by atoms with Gasteiger partial charge in [0.15, 0.2) is 0 Å². The first kappa shape index (κ1) is 11.6. The molecule has 1 aromatic heterocycles. The van der Waals surface area contributed by atoms with Crippen LogP contribution in [-0.4, -0.2) is 4.98 Å². The second-order valence-electron chi connectivity index (χ2n) is 2.22. The van der Waals surface area contributed by atoms with Gasteiger partial charge in [0.1, 0.15) is 0 Å². The lowest BCUT2D eigenvalue weighted by molar-refractivity contribution is 0.150. The first-order valence-corrected chi connectivity index (χ1v) is 5.65. The monoisotopic (exact) mass is 381 g/mol. The Hall–Kier alpha value is 0.510. The van der Waals surface area contributed by atoms with Crippen LogP contribution in [0.1, 0.15) is 17.7 Å². The predicted octanol–water partition coefficient (Wildman–Crippen LogP) is 4.13. The van der Waals surface area contributed by atoms with E-state index in [1.807, 2.05) is 22.6 Å². The molecule has 0 aliphatic carbocycles. The highest BCUT2D eigenvalue weighted by Gasteiger charge is 2.16. The normalized spacial score (nSPS) is 10.9. The Balaban J connectivity index is 3.23. The smallest absolute Gasteiger partial charge is 0.258 e. The van der Waals surface area contributed by atoms with Crippen molar-refractivity contribution in [3.05, 3.63) is 25.5 Å². The van der Waals surface area contributed by atoms with Crippen LogP contribution in [0.25, 0.3) is 0 Å². The number of rotatable bonds is 2. The lowest BCUT2D eigenvalue weighted by atomic mass is 10.2. The van der Waals surface area contributed by atoms with E-state index in [9.17, 15) is 8.78 Å². The van der Waals surface area contributed by atoms with Gasteiger partial charge in [0.25, 0.3) is 6.43 Å². The Morgan fingerprint density at radius 3 is 2.69 bits per heavy atom. The molecule has 1 nitrogen and oxygen atoms in total. The quantitative estimate of drug-likeness (QED) is 0.554. The van der Waals surface area contributed by atoms with Crippen LogP contribution in [0.5, 0.6) is 0 Å². The van der Waals surface area contributed by atoms with Crippen LogP contribution in [0.15, 0.2) is 10.7 Å². The summed E-state index contributed by atoms with van der Waals surface area (Å²) in [5.74, 6) is 0.223. The zero-order valence-electron chi connectivity index (χ0n) is 6.20. The summed E-state index contributed by atoms with van der Waals surface area (Å²) in [6.07, 6.45) is -1.37. The first-order valence-electron chi connectivity index (χ1n) is 3.24. The van der Waals surface area contributed by atoms with E-state index in [0.29, 0.717) is 13.7 Å². The van der Waals surface area contributed by atoms with Gasteiger partial charge >= 0.3 is 0 Å². The number of hydrogen-bond acceptors (Lipinski definition) is 1. The van der Waals surface area contributed by atoms with Crippen LogP contribution < -0.4 is 0 Å². The largest absolute Gasteiger partial charge is 0.266 e. The minimum atomic E-state index is -2.51. The Labute approximate surface area is 101 Å². The Bertz CT molecular complexity index is 322. The average molecular weight is 382 g/mol. The van der Waals surface area contributed by atoms with E-state index in [4.69, 9.17) is 11.6 Å². The lowest BCUT2D eigenvalue weighted by Gasteiger charge is -2.07. The summed E-state index contributed by atoms with van der Waals surface area (Å²) in [5.41, 5.74) is 0.511. The van der Waals surface area contributed by atoms with Gasteiger partial charge in [-0.3, -0.25) is 4.98 Å². The molecule has 13 heavy (non-hydrogen) atoms. The molecule has 1 heterocycles. The second-order valence-corrected chi connectivity index (χ2v) is 4.36. The van der Waals surface area contributed by atoms with Crippen LogP contribution in [0.4, 0.5) is 8.78 Å². The van der Waals surface area contributed by atoms with E-state index >= 15 is 0 Å². The third-order valence-corrected chi connectivity index (χ3v) is 4.43. The van der Waals surface area contributed by atoms with Gasteiger partial charge in [-0.05, 0) is 38.5 Å². The molecular formula is C7H4BrClF2IN. The van der Waals surface area contributed by atoms with Gasteiger partial charge in [-0.2, -0.15) is 0 Å². The number of nitrogens with zero attached hydrogens (tertiary/aromatic N) is 1. The molecule has 0 amide bonds. The van der Waals surface area contributed by atoms with Gasteiger partial charge < -0.3 is 0 Å². The second kappa shape index (κ2) is 4.84. The fourth-order valence-electron chi connectivity index (χ4n) is 0.760. The summed E-state index contributed by atoms with van der Waals surface area (Å²) >= 11 is 10.6. The van der Waals surface area contributed by atoms with Crippen molar-refractivity contribution in [3.63, 3.8) is 0 Å². The summed E-state index contributed by atoms with van der Waals surface area (Å²) in [6.45, 7) is 0. The number of alkyl halides is 3. The van der Waals surface area contributed by atoms with E-state index in [1.165, 1.54) is 0 Å². The topological polar surface area (TPSA) is 12.9 Å². The van der Waals surface area contributed by atoms with Crippen LogP contribution in [-0.2, 0) is 5.88 Å². The SMILES string of the molecule is FC(F)c1cnc(CCl)c(I)c1Br. The first-order chi connectivity index (χ1) is 6.07. The van der Waals surface area contributed by atoms with Crippen LogP contribution in [0.3, 0.4) is 0 Å². The molecule has 1 rings (SSSR count). The van der Waals surface area contributed by atoms with Crippen LogP contribution in [0, 0.1) is 3.57 Å². The molecule has 0 spiro atoms. The molecule has 72 valence electrons. The number of aromatic nitrogens is 1. The summed E-state index contributed by atoms with van der Waals surface area (Å²) in [7, 11) is 0. The fraction of sp³-hybridized carbons (Fsp3) is 0.286. The summed E-state index contributed by atoms with van der Waals surface area (Å²) in [4.78, 5) is 3.83. The van der Waals surface area contributed by atoms with Gasteiger partial charge in [-0.25, -0.2) is 8.78 Å². The van der Waals surface area contributed by atoms with Crippen molar-refractivity contribution in [1.29, 1.82) is 0 Å². The van der Waals surface area contributed by atoms with Crippen molar-refractivity contribution in [2.75, 3.05) is 0 Å². The predicted molar refractivity (Wildman–Crippen MR) is 59.2 cm³/mol. The van der Waals surface area contributed by atoms with Crippen molar-refractivity contribution in [3.8, 4) is 0 Å². The fourth-order valence-corrected chi connectivity index (χ4v) is 2.33. The molecule has 0 radical (unpaired) electrons. The molecule has 0 N–H and O–H groups in total. The highest BCUT2D eigenvalue weighted by Crippen LogP contribution is 2.32. The van der Waals surface area contributed by atoms with Gasteiger partial charge in [0, 0.05) is 10.7 Å². The zero-order valence-corrected chi connectivity index (χ0v) is 10.7. The molecule has 0 bridgehead atoms. The molecule has 6 heteroatoms. The molecule has 0 aliphatic rings. The molecule has 0 atom stereocenters. The van der Waals surface area contributed by atoms with Gasteiger partial charge in [-0.1, -0.05) is 0 Å².